The van der Waals surface area contributed by atoms with Crippen molar-refractivity contribution < 1.29 is 9.53 Å². The van der Waals surface area contributed by atoms with E-state index >= 15 is 0 Å². The number of nitrogens with one attached hydrogen (secondary N) is 1. The second-order valence-electron chi connectivity index (χ2n) is 5.78. The van der Waals surface area contributed by atoms with Crippen molar-refractivity contribution in [2.75, 3.05) is 13.2 Å². The van der Waals surface area contributed by atoms with Gasteiger partial charge in [-0.2, -0.15) is 0 Å². The number of nitrogens with zero attached hydrogens (tertiary/aromatic N) is 1. The molecule has 2 aliphatic rings. The number of rotatable bonds is 1. The summed E-state index contributed by atoms with van der Waals surface area (Å²) >= 11 is 6.11. The van der Waals surface area contributed by atoms with Crippen molar-refractivity contribution >= 4 is 28.4 Å². The van der Waals surface area contributed by atoms with Gasteiger partial charge in [0.15, 0.2) is 0 Å². The summed E-state index contributed by atoms with van der Waals surface area (Å²) in [5.74, 6) is 0.134. The average Bonchev–Trinajstić information content (AvgIpc) is 3.13. The molecule has 5 heteroatoms. The molecule has 1 aromatic heterocycles. The summed E-state index contributed by atoms with van der Waals surface area (Å²) in [7, 11) is 0. The number of aromatic amines is 1. The third-order valence-electron chi connectivity index (χ3n) is 4.45. The topological polar surface area (TPSA) is 45.3 Å². The van der Waals surface area contributed by atoms with Crippen LogP contribution in [0.15, 0.2) is 18.2 Å². The lowest BCUT2D eigenvalue weighted by Crippen LogP contribution is -2.41. The predicted octanol–water partition coefficient (Wildman–Crippen LogP) is 2.89. The number of H-pyrrole nitrogens is 1. The Morgan fingerprint density at radius 3 is 3.14 bits per heavy atom. The first-order chi connectivity index (χ1) is 10.2. The summed E-state index contributed by atoms with van der Waals surface area (Å²) in [6, 6.07) is 5.87. The van der Waals surface area contributed by atoms with E-state index < -0.39 is 0 Å². The molecule has 0 bridgehead atoms. The molecule has 110 valence electrons. The number of ether oxygens (including phenoxy) is 1. The number of fused-ring (bicyclic) bond motifs is 3. The average molecular weight is 305 g/mol. The Kier molecular flexibility index (Phi) is 3.16. The van der Waals surface area contributed by atoms with Crippen molar-refractivity contribution in [1.29, 1.82) is 0 Å². The van der Waals surface area contributed by atoms with E-state index in [2.05, 4.69) is 4.98 Å². The van der Waals surface area contributed by atoms with Crippen molar-refractivity contribution in [2.45, 2.75) is 31.9 Å². The lowest BCUT2D eigenvalue weighted by Gasteiger charge is -2.29. The second-order valence-corrected chi connectivity index (χ2v) is 6.22. The summed E-state index contributed by atoms with van der Waals surface area (Å²) in [6.45, 7) is 2.11. The molecule has 1 N–H and O–H groups in total. The first-order valence-corrected chi connectivity index (χ1v) is 7.79. The van der Waals surface area contributed by atoms with Crippen LogP contribution >= 0.6 is 11.6 Å². The van der Waals surface area contributed by atoms with E-state index in [-0.39, 0.29) is 12.0 Å². The molecule has 3 heterocycles. The molecule has 0 unspecified atom stereocenters. The monoisotopic (exact) mass is 304 g/mol. The van der Waals surface area contributed by atoms with Gasteiger partial charge in [-0.3, -0.25) is 4.79 Å². The lowest BCUT2D eigenvalue weighted by atomic mass is 10.0. The van der Waals surface area contributed by atoms with Crippen molar-refractivity contribution in [3.05, 3.63) is 34.5 Å². The van der Waals surface area contributed by atoms with E-state index in [9.17, 15) is 4.79 Å². The van der Waals surface area contributed by atoms with Gasteiger partial charge in [-0.15, -0.1) is 0 Å². The Bertz CT molecular complexity index is 704. The summed E-state index contributed by atoms with van der Waals surface area (Å²) in [4.78, 5) is 17.9. The van der Waals surface area contributed by atoms with Gasteiger partial charge >= 0.3 is 0 Å². The molecule has 2 aliphatic heterocycles. The standard InChI is InChI=1S/C16H17ClN2O2/c17-10-3-4-13-11(8-10)12-9-19(6-5-14(12)18-13)16(20)15-2-1-7-21-15/h3-4,8,15,18H,1-2,5-7,9H2/t15-/m1/s1. The Morgan fingerprint density at radius 1 is 1.43 bits per heavy atom. The highest BCUT2D eigenvalue weighted by atomic mass is 35.5. The molecule has 0 spiro atoms. The molecule has 1 atom stereocenters. The van der Waals surface area contributed by atoms with Crippen molar-refractivity contribution in [2.24, 2.45) is 0 Å². The van der Waals surface area contributed by atoms with E-state index in [1.54, 1.807) is 0 Å². The van der Waals surface area contributed by atoms with Gasteiger partial charge in [0.2, 0.25) is 0 Å². The molecule has 1 fully saturated rings. The first-order valence-electron chi connectivity index (χ1n) is 7.42. The number of hydrogen-bond acceptors (Lipinski definition) is 2. The zero-order chi connectivity index (χ0) is 14.4. The van der Waals surface area contributed by atoms with Gasteiger partial charge in [-0.1, -0.05) is 11.6 Å². The van der Waals surface area contributed by atoms with E-state index in [0.717, 1.165) is 41.7 Å². The molecule has 2 aromatic rings. The smallest absolute Gasteiger partial charge is 0.252 e. The van der Waals surface area contributed by atoms with Crippen LogP contribution in [0.2, 0.25) is 5.02 Å². The van der Waals surface area contributed by atoms with E-state index in [1.165, 1.54) is 11.3 Å². The number of benzene rings is 1. The van der Waals surface area contributed by atoms with E-state index in [1.807, 2.05) is 23.1 Å². The van der Waals surface area contributed by atoms with Gasteiger partial charge in [0, 0.05) is 53.3 Å². The van der Waals surface area contributed by atoms with E-state index in [0.29, 0.717) is 13.2 Å². The Balaban J connectivity index is 1.65. The van der Waals surface area contributed by atoms with Crippen LogP contribution in [0.1, 0.15) is 24.1 Å². The summed E-state index contributed by atoms with van der Waals surface area (Å²) < 4.78 is 5.52. The SMILES string of the molecule is O=C([C@H]1CCCO1)N1CCc2[nH]c3ccc(Cl)cc3c2C1. The molecule has 1 aromatic carbocycles. The molecular formula is C16H17ClN2O2. The maximum absolute atomic E-state index is 12.5. The Morgan fingerprint density at radius 2 is 2.33 bits per heavy atom. The molecule has 0 aliphatic carbocycles. The fourth-order valence-corrected chi connectivity index (χ4v) is 3.52. The molecule has 4 nitrogen and oxygen atoms in total. The minimum atomic E-state index is -0.236. The van der Waals surface area contributed by atoms with Crippen LogP contribution in [0.3, 0.4) is 0 Å². The van der Waals surface area contributed by atoms with Crippen LogP contribution in [-0.4, -0.2) is 35.0 Å². The van der Waals surface area contributed by atoms with Crippen molar-refractivity contribution in [1.82, 2.24) is 9.88 Å². The predicted molar refractivity (Wildman–Crippen MR) is 81.4 cm³/mol. The van der Waals surface area contributed by atoms with Crippen LogP contribution in [-0.2, 0) is 22.5 Å². The van der Waals surface area contributed by atoms with Crippen molar-refractivity contribution in [3.63, 3.8) is 0 Å². The molecule has 0 radical (unpaired) electrons. The van der Waals surface area contributed by atoms with Crippen LogP contribution in [0.4, 0.5) is 0 Å². The van der Waals surface area contributed by atoms with Gasteiger partial charge in [0.05, 0.1) is 0 Å². The zero-order valence-electron chi connectivity index (χ0n) is 11.7. The maximum Gasteiger partial charge on any atom is 0.252 e. The first kappa shape index (κ1) is 13.2. The Hall–Kier alpha value is -1.52. The van der Waals surface area contributed by atoms with Crippen molar-refractivity contribution in [3.8, 4) is 0 Å². The van der Waals surface area contributed by atoms with Gasteiger partial charge in [-0.05, 0) is 31.0 Å². The minimum Gasteiger partial charge on any atom is -0.368 e. The maximum atomic E-state index is 12.5. The number of carbonyl (C=O) groups is 1. The van der Waals surface area contributed by atoms with E-state index in [4.69, 9.17) is 16.3 Å². The number of carbonyl (C=O) groups excluding carboxylic acids is 1. The molecule has 1 amide bonds. The number of amides is 1. The van der Waals surface area contributed by atoms with Crippen LogP contribution in [0, 0.1) is 0 Å². The molecule has 4 rings (SSSR count). The van der Waals surface area contributed by atoms with Crippen LogP contribution in [0.5, 0.6) is 0 Å². The van der Waals surface area contributed by atoms with Gasteiger partial charge < -0.3 is 14.6 Å². The summed E-state index contributed by atoms with van der Waals surface area (Å²) in [5, 5.41) is 1.86. The fourth-order valence-electron chi connectivity index (χ4n) is 3.35. The normalized spacial score (nSPS) is 21.8. The lowest BCUT2D eigenvalue weighted by molar-refractivity contribution is -0.141. The third-order valence-corrected chi connectivity index (χ3v) is 4.69. The van der Waals surface area contributed by atoms with Gasteiger partial charge in [-0.25, -0.2) is 0 Å². The summed E-state index contributed by atoms with van der Waals surface area (Å²) in [6.07, 6.45) is 2.46. The van der Waals surface area contributed by atoms with Gasteiger partial charge in [0.1, 0.15) is 6.10 Å². The highest BCUT2D eigenvalue weighted by Crippen LogP contribution is 2.30. The second kappa shape index (κ2) is 5.04. The highest BCUT2D eigenvalue weighted by Gasteiger charge is 2.31. The molecule has 0 saturated carbocycles. The van der Waals surface area contributed by atoms with Crippen LogP contribution in [0.25, 0.3) is 10.9 Å². The number of hydrogen-bond donors (Lipinski definition) is 1. The third kappa shape index (κ3) is 2.23. The molecule has 21 heavy (non-hydrogen) atoms. The fraction of sp³-hybridized carbons (Fsp3) is 0.438. The summed E-state index contributed by atoms with van der Waals surface area (Å²) in [5.41, 5.74) is 3.52. The number of aromatic nitrogens is 1. The molecular weight excluding hydrogens is 288 g/mol. The Labute approximate surface area is 128 Å². The largest absolute Gasteiger partial charge is 0.368 e. The minimum absolute atomic E-state index is 0.134. The highest BCUT2D eigenvalue weighted by molar-refractivity contribution is 6.31. The zero-order valence-corrected chi connectivity index (χ0v) is 12.4. The molecule has 1 saturated heterocycles. The number of halogens is 1. The van der Waals surface area contributed by atoms with Crippen LogP contribution < -0.4 is 0 Å². The quantitative estimate of drug-likeness (QED) is 0.880. The van der Waals surface area contributed by atoms with Gasteiger partial charge in [0.25, 0.3) is 5.91 Å².